The first-order valence-electron chi connectivity index (χ1n) is 30.4. The van der Waals surface area contributed by atoms with E-state index in [0.29, 0.717) is 0 Å². The predicted octanol–water partition coefficient (Wildman–Crippen LogP) is 18.9. The lowest BCUT2D eigenvalue weighted by Gasteiger charge is -2.47. The Bertz CT molecular complexity index is 4490. The highest BCUT2D eigenvalue weighted by atomic mass is 15.0. The maximum Gasteiger partial charge on any atom is 0.0732 e. The second-order valence-corrected chi connectivity index (χ2v) is 27.5. The molecule has 384 valence electrons. The van der Waals surface area contributed by atoms with Crippen LogP contribution in [0.15, 0.2) is 152 Å². The second-order valence-electron chi connectivity index (χ2n) is 27.5. The predicted molar refractivity (Wildman–Crippen MR) is 323 cm³/mol. The average molecular weight is 1020 g/mol. The number of hydrogen-bond donors (Lipinski definition) is 0. The van der Waals surface area contributed by atoms with Crippen LogP contribution in [0.3, 0.4) is 0 Å². The Morgan fingerprint density at radius 3 is 1.22 bits per heavy atom. The normalized spacial score (nSPS) is 20.8. The molecule has 7 aromatic carbocycles. The highest BCUT2D eigenvalue weighted by Crippen LogP contribution is 2.71. The van der Waals surface area contributed by atoms with Crippen molar-refractivity contribution in [2.75, 3.05) is 0 Å². The van der Waals surface area contributed by atoms with Crippen molar-refractivity contribution in [3.8, 4) is 44.5 Å². The summed E-state index contributed by atoms with van der Waals surface area (Å²) in [6.45, 7) is 10.3. The van der Waals surface area contributed by atoms with Gasteiger partial charge in [-0.1, -0.05) is 188 Å². The van der Waals surface area contributed by atoms with Crippen molar-refractivity contribution in [3.05, 3.63) is 219 Å². The van der Waals surface area contributed by atoms with E-state index in [-0.39, 0.29) is 21.7 Å². The topological polar surface area (TPSA) is 30.2 Å². The number of fused-ring (bicyclic) bond motifs is 33. The summed E-state index contributed by atoms with van der Waals surface area (Å²) in [4.78, 5) is 11.7. The summed E-state index contributed by atoms with van der Waals surface area (Å²) >= 11 is 0. The zero-order chi connectivity index (χ0) is 52.2. The molecular weight excluding hydrogens is 955 g/mol. The summed E-state index contributed by atoms with van der Waals surface area (Å²) in [6, 6.07) is 55.5. The Morgan fingerprint density at radius 1 is 0.342 bits per heavy atom. The molecule has 0 unspecified atom stereocenters. The minimum atomic E-state index is -0.601. The van der Waals surface area contributed by atoms with Crippen LogP contribution in [-0.2, 0) is 32.5 Å². The Morgan fingerprint density at radius 2 is 0.734 bits per heavy atom. The van der Waals surface area contributed by atoms with Crippen LogP contribution >= 0.6 is 0 Å². The van der Waals surface area contributed by atoms with E-state index in [2.05, 4.69) is 184 Å². The van der Waals surface area contributed by atoms with E-state index in [1.165, 1.54) is 240 Å². The van der Waals surface area contributed by atoms with Gasteiger partial charge in [-0.3, -0.25) is 9.97 Å². The summed E-state index contributed by atoms with van der Waals surface area (Å²) in [5.74, 6) is 0. The monoisotopic (exact) mass is 1020 g/mol. The lowest BCUT2D eigenvalue weighted by Crippen LogP contribution is -2.40. The number of rotatable bonds is 0. The van der Waals surface area contributed by atoms with E-state index in [4.69, 9.17) is 9.97 Å². The van der Waals surface area contributed by atoms with Gasteiger partial charge in [-0.15, -0.1) is 0 Å². The SMILES string of the molecule is CC1(C)CCC2(CCCCC2)c2ncc3c(c21)c1cc2c(c4c5c6c(ncc5n3c14)C1(CCCCC1)CCC6(C)C)C1(c3ccccc3-c3ccccc31)c1cc3c(cc1-2)C1(c2ccccc2-c2ccccc21)c1ccccc1-3. The Balaban J connectivity index is 1.05. The van der Waals surface area contributed by atoms with Crippen molar-refractivity contribution in [1.29, 1.82) is 0 Å². The number of nitrogens with zero attached hydrogens (tertiary/aromatic N) is 3. The van der Waals surface area contributed by atoms with Crippen molar-refractivity contribution in [2.24, 2.45) is 0 Å². The molecule has 2 saturated carbocycles. The summed E-state index contributed by atoms with van der Waals surface area (Å²) in [5, 5.41) is 5.78. The van der Waals surface area contributed by atoms with Crippen LogP contribution in [0, 0.1) is 0 Å². The molecule has 3 nitrogen and oxygen atoms in total. The molecule has 3 heteroatoms. The average Bonchev–Trinajstić information content (AvgIpc) is 2.19. The minimum absolute atomic E-state index is 0.0426. The van der Waals surface area contributed by atoms with E-state index >= 15 is 0 Å². The number of hydrogen-bond acceptors (Lipinski definition) is 2. The van der Waals surface area contributed by atoms with Crippen molar-refractivity contribution in [3.63, 3.8) is 0 Å². The number of benzene rings is 7. The van der Waals surface area contributed by atoms with Gasteiger partial charge in [0.15, 0.2) is 0 Å². The fraction of sp³-hybridized carbons (Fsp3) is 0.316. The second kappa shape index (κ2) is 14.5. The van der Waals surface area contributed by atoms with Crippen LogP contribution in [0.25, 0.3) is 82.6 Å². The molecule has 0 aliphatic heterocycles. The first-order chi connectivity index (χ1) is 38.6. The lowest BCUT2D eigenvalue weighted by molar-refractivity contribution is 0.216. The molecule has 0 bridgehead atoms. The maximum absolute atomic E-state index is 5.90. The molecule has 0 amide bonds. The van der Waals surface area contributed by atoms with Gasteiger partial charge in [-0.05, 0) is 181 Å². The van der Waals surface area contributed by atoms with Crippen LogP contribution in [0.1, 0.15) is 185 Å². The maximum atomic E-state index is 5.90. The smallest absolute Gasteiger partial charge is 0.0732 e. The van der Waals surface area contributed by atoms with Gasteiger partial charge in [0.05, 0.1) is 51.2 Å². The van der Waals surface area contributed by atoms with Gasteiger partial charge in [-0.2, -0.15) is 0 Å². The Hall–Kier alpha value is -7.36. The summed E-state index contributed by atoms with van der Waals surface area (Å²) in [7, 11) is 0. The van der Waals surface area contributed by atoms with E-state index in [1.807, 2.05) is 0 Å². The van der Waals surface area contributed by atoms with E-state index in [9.17, 15) is 0 Å². The molecule has 2 fully saturated rings. The Kier molecular flexibility index (Phi) is 8.17. The van der Waals surface area contributed by atoms with Gasteiger partial charge in [0.1, 0.15) is 0 Å². The molecule has 4 aromatic heterocycles. The van der Waals surface area contributed by atoms with Gasteiger partial charge in [0.2, 0.25) is 0 Å². The summed E-state index contributed by atoms with van der Waals surface area (Å²) in [6.07, 6.45) is 22.4. The zero-order valence-corrected chi connectivity index (χ0v) is 46.2. The van der Waals surface area contributed by atoms with E-state index in [1.54, 1.807) is 0 Å². The summed E-state index contributed by atoms with van der Waals surface area (Å²) < 4.78 is 2.73. The molecule has 4 spiro atoms. The molecule has 0 saturated heterocycles. The molecular formula is C76H65N3. The molecule has 0 N–H and O–H groups in total. The van der Waals surface area contributed by atoms with E-state index in [0.717, 1.165) is 0 Å². The third-order valence-corrected chi connectivity index (χ3v) is 23.2. The standard InChI is InChI=1S/C76H65N3/c1-71(2)35-37-73(31-17-5-18-32-73)69-66(71)62-52-39-51-50-41-58-49(48-25-11-14-28-55(48)75(58)53-26-12-7-21-44(53)45-22-8-13-27-54(45)75)40-59(50)76(56-29-15-9-23-46(56)47-24-10-16-30-57(47)76)65(51)64-63-61(79(68(52)64)60(62)42-77-69)43-78-70-67(63)72(3,4)36-38-74(70)33-19-6-20-34-74/h7-16,21-30,39-43H,5-6,17-20,31-38H2,1-4H3. The highest BCUT2D eigenvalue weighted by Gasteiger charge is 2.58. The van der Waals surface area contributed by atoms with Crippen LogP contribution in [0.5, 0.6) is 0 Å². The first-order valence-corrected chi connectivity index (χ1v) is 30.4. The molecule has 19 rings (SSSR count). The fourth-order valence-electron chi connectivity index (χ4n) is 19.9. The largest absolute Gasteiger partial charge is 0.305 e. The molecule has 11 aromatic rings. The number of aromatic nitrogens is 3. The van der Waals surface area contributed by atoms with Crippen LogP contribution in [0.2, 0.25) is 0 Å². The quantitative estimate of drug-likeness (QED) is 0.152. The number of pyridine rings is 2. The van der Waals surface area contributed by atoms with Gasteiger partial charge in [0.25, 0.3) is 0 Å². The van der Waals surface area contributed by atoms with Crippen molar-refractivity contribution in [1.82, 2.24) is 14.4 Å². The molecule has 8 aliphatic carbocycles. The summed E-state index contributed by atoms with van der Waals surface area (Å²) in [5.41, 5.74) is 31.1. The van der Waals surface area contributed by atoms with Crippen molar-refractivity contribution >= 4 is 38.1 Å². The van der Waals surface area contributed by atoms with Gasteiger partial charge >= 0.3 is 0 Å². The first kappa shape index (κ1) is 44.5. The minimum Gasteiger partial charge on any atom is -0.305 e. The van der Waals surface area contributed by atoms with Crippen LogP contribution in [0.4, 0.5) is 0 Å². The third kappa shape index (κ3) is 4.94. The Labute approximate surface area is 463 Å². The third-order valence-electron chi connectivity index (χ3n) is 23.2. The molecule has 0 radical (unpaired) electrons. The lowest BCUT2D eigenvalue weighted by atomic mass is 9.58. The zero-order valence-electron chi connectivity index (χ0n) is 46.2. The van der Waals surface area contributed by atoms with Crippen molar-refractivity contribution < 1.29 is 0 Å². The van der Waals surface area contributed by atoms with Crippen LogP contribution in [-0.4, -0.2) is 14.4 Å². The van der Waals surface area contributed by atoms with Crippen molar-refractivity contribution in [2.45, 2.75) is 150 Å². The molecule has 4 heterocycles. The van der Waals surface area contributed by atoms with Gasteiger partial charge < -0.3 is 4.40 Å². The van der Waals surface area contributed by atoms with Crippen LogP contribution < -0.4 is 0 Å². The van der Waals surface area contributed by atoms with Gasteiger partial charge in [0, 0.05) is 32.4 Å². The molecule has 8 aliphatic rings. The molecule has 79 heavy (non-hydrogen) atoms. The van der Waals surface area contributed by atoms with Gasteiger partial charge in [-0.25, -0.2) is 0 Å². The molecule has 0 atom stereocenters. The highest BCUT2D eigenvalue weighted by molar-refractivity contribution is 6.29. The van der Waals surface area contributed by atoms with E-state index < -0.39 is 10.8 Å². The fourth-order valence-corrected chi connectivity index (χ4v) is 19.9.